The zero-order valence-electron chi connectivity index (χ0n) is 9.61. The fourth-order valence-electron chi connectivity index (χ4n) is 2.45. The lowest BCUT2D eigenvalue weighted by atomic mass is 9.95. The molecule has 86 valence electrons. The molecule has 0 atom stereocenters. The largest absolute Gasteiger partial charge is 0.392 e. The number of rotatable bonds is 2. The predicted octanol–water partition coefficient (Wildman–Crippen LogP) is 2.81. The van der Waals surface area contributed by atoms with Crippen LogP contribution in [0.5, 0.6) is 0 Å². The lowest BCUT2D eigenvalue weighted by Crippen LogP contribution is -1.92. The van der Waals surface area contributed by atoms with Gasteiger partial charge in [0.25, 0.3) is 0 Å². The number of benzene rings is 2. The Hall–Kier alpha value is -1.80. The lowest BCUT2D eigenvalue weighted by molar-refractivity contribution is 0.282. The maximum atomic E-state index is 9.31. The predicted molar refractivity (Wildman–Crippen MR) is 70.0 cm³/mol. The molecule has 2 N–H and O–H groups in total. The van der Waals surface area contributed by atoms with E-state index >= 15 is 0 Å². The molecule has 2 nitrogen and oxygen atoms in total. The van der Waals surface area contributed by atoms with Gasteiger partial charge in [0, 0.05) is 12.2 Å². The summed E-state index contributed by atoms with van der Waals surface area (Å²) in [6, 6.07) is 14.5. The van der Waals surface area contributed by atoms with E-state index < -0.39 is 0 Å². The fraction of sp³-hybridized carbons (Fsp3) is 0.200. The van der Waals surface area contributed by atoms with E-state index in [0.29, 0.717) is 0 Å². The van der Waals surface area contributed by atoms with E-state index in [1.54, 1.807) is 0 Å². The van der Waals surface area contributed by atoms with Crippen LogP contribution in [-0.4, -0.2) is 11.7 Å². The molecule has 2 aromatic rings. The van der Waals surface area contributed by atoms with Crippen LogP contribution < -0.4 is 5.32 Å². The Labute approximate surface area is 101 Å². The summed E-state index contributed by atoms with van der Waals surface area (Å²) in [7, 11) is 0. The first-order valence-electron chi connectivity index (χ1n) is 5.94. The molecule has 2 heteroatoms. The first-order valence-corrected chi connectivity index (χ1v) is 5.94. The van der Waals surface area contributed by atoms with Gasteiger partial charge in [-0.05, 0) is 40.8 Å². The van der Waals surface area contributed by atoms with E-state index in [1.165, 1.54) is 22.4 Å². The molecule has 0 amide bonds. The fourth-order valence-corrected chi connectivity index (χ4v) is 2.45. The van der Waals surface area contributed by atoms with Crippen molar-refractivity contribution >= 4 is 5.69 Å². The van der Waals surface area contributed by atoms with E-state index in [1.807, 2.05) is 6.07 Å². The lowest BCUT2D eigenvalue weighted by Gasteiger charge is -2.10. The van der Waals surface area contributed by atoms with Crippen molar-refractivity contribution in [3.05, 3.63) is 53.6 Å². The van der Waals surface area contributed by atoms with Crippen LogP contribution in [0.3, 0.4) is 0 Å². The quantitative estimate of drug-likeness (QED) is 0.823. The van der Waals surface area contributed by atoms with Gasteiger partial charge in [-0.2, -0.15) is 0 Å². The molecule has 0 aromatic heterocycles. The molecule has 0 saturated carbocycles. The molecule has 17 heavy (non-hydrogen) atoms. The molecule has 0 radical (unpaired) electrons. The Kier molecular flexibility index (Phi) is 2.57. The van der Waals surface area contributed by atoms with Crippen molar-refractivity contribution in [2.24, 2.45) is 0 Å². The zero-order valence-corrected chi connectivity index (χ0v) is 9.61. The third kappa shape index (κ3) is 1.81. The average Bonchev–Trinajstić information content (AvgIpc) is 2.86. The highest BCUT2D eigenvalue weighted by Gasteiger charge is 2.16. The smallest absolute Gasteiger partial charge is 0.0682 e. The second-order valence-electron chi connectivity index (χ2n) is 4.37. The second-order valence-corrected chi connectivity index (χ2v) is 4.37. The minimum atomic E-state index is 0.0921. The number of nitrogens with one attached hydrogen (secondary N) is 1. The Balaban J connectivity index is 2.19. The summed E-state index contributed by atoms with van der Waals surface area (Å²) < 4.78 is 0. The number of aliphatic hydroxyl groups excluding tert-OH is 1. The summed E-state index contributed by atoms with van der Waals surface area (Å²) in [5.74, 6) is 0. The molecular weight excluding hydrogens is 210 g/mol. The van der Waals surface area contributed by atoms with Crippen molar-refractivity contribution < 1.29 is 5.11 Å². The molecule has 3 rings (SSSR count). The van der Waals surface area contributed by atoms with Crippen molar-refractivity contribution in [2.75, 3.05) is 11.9 Å². The van der Waals surface area contributed by atoms with Crippen molar-refractivity contribution in [1.29, 1.82) is 0 Å². The minimum Gasteiger partial charge on any atom is -0.392 e. The third-order valence-electron chi connectivity index (χ3n) is 3.27. The summed E-state index contributed by atoms with van der Waals surface area (Å²) in [5, 5.41) is 12.7. The van der Waals surface area contributed by atoms with Gasteiger partial charge in [0.15, 0.2) is 0 Å². The van der Waals surface area contributed by atoms with Crippen LogP contribution in [0.2, 0.25) is 0 Å². The topological polar surface area (TPSA) is 32.3 Å². The Morgan fingerprint density at radius 2 is 1.94 bits per heavy atom. The van der Waals surface area contributed by atoms with Crippen LogP contribution in [0.4, 0.5) is 5.69 Å². The van der Waals surface area contributed by atoms with Crippen LogP contribution in [0.15, 0.2) is 42.5 Å². The van der Waals surface area contributed by atoms with Crippen molar-refractivity contribution in [3.63, 3.8) is 0 Å². The van der Waals surface area contributed by atoms with E-state index in [4.69, 9.17) is 0 Å². The van der Waals surface area contributed by atoms with Crippen LogP contribution in [0.1, 0.15) is 11.1 Å². The standard InChI is InChI=1S/C15H15NO/c17-10-11-8-14(12-4-2-1-3-5-12)13-6-7-16-15(13)9-11/h1-5,8-9,16-17H,6-7,10H2. The van der Waals surface area contributed by atoms with Crippen molar-refractivity contribution in [1.82, 2.24) is 0 Å². The van der Waals surface area contributed by atoms with Gasteiger partial charge in [0.2, 0.25) is 0 Å². The SMILES string of the molecule is OCc1cc2c(c(-c3ccccc3)c1)CCN2. The van der Waals surface area contributed by atoms with Crippen LogP contribution in [-0.2, 0) is 13.0 Å². The van der Waals surface area contributed by atoms with Gasteiger partial charge in [-0.25, -0.2) is 0 Å². The zero-order chi connectivity index (χ0) is 11.7. The van der Waals surface area contributed by atoms with Gasteiger partial charge in [0.05, 0.1) is 6.61 Å². The molecule has 1 aliphatic heterocycles. The highest BCUT2D eigenvalue weighted by atomic mass is 16.3. The monoisotopic (exact) mass is 225 g/mol. The van der Waals surface area contributed by atoms with E-state index in [9.17, 15) is 5.11 Å². The average molecular weight is 225 g/mol. The summed E-state index contributed by atoms with van der Waals surface area (Å²) >= 11 is 0. The molecule has 2 aromatic carbocycles. The number of hydrogen-bond donors (Lipinski definition) is 2. The minimum absolute atomic E-state index is 0.0921. The van der Waals surface area contributed by atoms with Crippen LogP contribution >= 0.6 is 0 Å². The molecule has 0 unspecified atom stereocenters. The van der Waals surface area contributed by atoms with Crippen molar-refractivity contribution in [2.45, 2.75) is 13.0 Å². The normalized spacial score (nSPS) is 13.2. The third-order valence-corrected chi connectivity index (χ3v) is 3.27. The van der Waals surface area contributed by atoms with Crippen molar-refractivity contribution in [3.8, 4) is 11.1 Å². The van der Waals surface area contributed by atoms with E-state index in [2.05, 4.69) is 41.7 Å². The Bertz CT molecular complexity index is 534. The Morgan fingerprint density at radius 1 is 1.12 bits per heavy atom. The summed E-state index contributed by atoms with van der Waals surface area (Å²) in [6.45, 7) is 1.08. The molecular formula is C15H15NO. The van der Waals surface area contributed by atoms with Gasteiger partial charge < -0.3 is 10.4 Å². The number of hydrogen-bond acceptors (Lipinski definition) is 2. The van der Waals surface area contributed by atoms with Crippen LogP contribution in [0.25, 0.3) is 11.1 Å². The van der Waals surface area contributed by atoms with Gasteiger partial charge in [-0.15, -0.1) is 0 Å². The van der Waals surface area contributed by atoms with Gasteiger partial charge >= 0.3 is 0 Å². The summed E-state index contributed by atoms with van der Waals surface area (Å²) in [6.07, 6.45) is 1.06. The maximum absolute atomic E-state index is 9.31. The van der Waals surface area contributed by atoms with Gasteiger partial charge in [-0.3, -0.25) is 0 Å². The van der Waals surface area contributed by atoms with E-state index in [0.717, 1.165) is 18.5 Å². The maximum Gasteiger partial charge on any atom is 0.0682 e. The second kappa shape index (κ2) is 4.22. The van der Waals surface area contributed by atoms with Gasteiger partial charge in [0.1, 0.15) is 0 Å². The number of aliphatic hydroxyl groups is 1. The van der Waals surface area contributed by atoms with Crippen LogP contribution in [0, 0.1) is 0 Å². The molecule has 1 aliphatic rings. The highest BCUT2D eigenvalue weighted by Crippen LogP contribution is 2.34. The highest BCUT2D eigenvalue weighted by molar-refractivity contribution is 5.76. The molecule has 0 aliphatic carbocycles. The molecule has 0 saturated heterocycles. The number of anilines is 1. The van der Waals surface area contributed by atoms with Gasteiger partial charge in [-0.1, -0.05) is 30.3 Å². The van der Waals surface area contributed by atoms with E-state index in [-0.39, 0.29) is 6.61 Å². The Morgan fingerprint density at radius 3 is 2.71 bits per heavy atom. The first kappa shape index (κ1) is 10.4. The molecule has 0 bridgehead atoms. The molecule has 0 fully saturated rings. The summed E-state index contributed by atoms with van der Waals surface area (Å²) in [4.78, 5) is 0. The first-order chi connectivity index (χ1) is 8.38. The summed E-state index contributed by atoms with van der Waals surface area (Å²) in [5.41, 5.74) is 5.99. The molecule has 0 spiro atoms. The molecule has 1 heterocycles. The number of fused-ring (bicyclic) bond motifs is 1.